The van der Waals surface area contributed by atoms with Crippen LogP contribution in [0.4, 0.5) is 0 Å². The first-order chi connectivity index (χ1) is 9.52. The van der Waals surface area contributed by atoms with Crippen molar-refractivity contribution in [3.63, 3.8) is 0 Å². The summed E-state index contributed by atoms with van der Waals surface area (Å²) in [6.07, 6.45) is 0.651. The number of hydrogen-bond acceptors (Lipinski definition) is 4. The van der Waals surface area contributed by atoms with E-state index in [1.54, 1.807) is 0 Å². The molecule has 0 unspecified atom stereocenters. The largest absolute Gasteiger partial charge is 0.478 e. The Labute approximate surface area is 116 Å². The Bertz CT molecular complexity index is 495. The van der Waals surface area contributed by atoms with Gasteiger partial charge in [0.15, 0.2) is 0 Å². The van der Waals surface area contributed by atoms with E-state index in [0.717, 1.165) is 0 Å². The van der Waals surface area contributed by atoms with Gasteiger partial charge in [0.1, 0.15) is 0 Å². The van der Waals surface area contributed by atoms with Crippen molar-refractivity contribution in [2.24, 2.45) is 0 Å². The first-order valence-electron chi connectivity index (χ1n) is 6.12. The van der Waals surface area contributed by atoms with Gasteiger partial charge in [0, 0.05) is 14.2 Å². The number of methoxy groups -OCH3 is 2. The molecule has 0 aromatic heterocycles. The number of hydrogen-bond donors (Lipinski definition) is 2. The summed E-state index contributed by atoms with van der Waals surface area (Å²) in [5.41, 5.74) is 0.899. The Morgan fingerprint density at radius 1 is 1.00 bits per heavy atom. The van der Waals surface area contributed by atoms with Crippen LogP contribution in [-0.4, -0.2) is 49.6 Å². The molecule has 0 aliphatic rings. The van der Waals surface area contributed by atoms with Crippen LogP contribution in [0.15, 0.2) is 12.1 Å². The molecule has 0 bridgehead atoms. The zero-order chi connectivity index (χ0) is 15.1. The summed E-state index contributed by atoms with van der Waals surface area (Å²) in [5.74, 6) is -2.28. The van der Waals surface area contributed by atoms with Crippen LogP contribution in [0.25, 0.3) is 0 Å². The van der Waals surface area contributed by atoms with E-state index in [4.69, 9.17) is 9.47 Å². The summed E-state index contributed by atoms with van der Waals surface area (Å²) in [7, 11) is 3.01. The van der Waals surface area contributed by atoms with Gasteiger partial charge in [-0.05, 0) is 30.0 Å². The van der Waals surface area contributed by atoms with Crippen LogP contribution >= 0.6 is 0 Å². The van der Waals surface area contributed by atoms with Crippen molar-refractivity contribution >= 4 is 11.9 Å². The van der Waals surface area contributed by atoms with Crippen LogP contribution in [0, 0.1) is 0 Å². The van der Waals surface area contributed by atoms with Gasteiger partial charge in [0.2, 0.25) is 0 Å². The van der Waals surface area contributed by atoms with E-state index >= 15 is 0 Å². The zero-order valence-corrected chi connectivity index (χ0v) is 11.5. The van der Waals surface area contributed by atoms with Crippen molar-refractivity contribution in [3.05, 3.63) is 34.4 Å². The van der Waals surface area contributed by atoms with Gasteiger partial charge < -0.3 is 19.7 Å². The Morgan fingerprint density at radius 3 is 2.10 bits per heavy atom. The smallest absolute Gasteiger partial charge is 0.336 e. The van der Waals surface area contributed by atoms with Crippen LogP contribution in [0.5, 0.6) is 0 Å². The fourth-order valence-electron chi connectivity index (χ4n) is 2.05. The summed E-state index contributed by atoms with van der Waals surface area (Å²) in [5, 5.41) is 18.6. The van der Waals surface area contributed by atoms with Crippen LogP contribution in [0.3, 0.4) is 0 Å². The average Bonchev–Trinajstić information content (AvgIpc) is 2.41. The van der Waals surface area contributed by atoms with Gasteiger partial charge in [-0.25, -0.2) is 9.59 Å². The van der Waals surface area contributed by atoms with E-state index in [9.17, 15) is 19.8 Å². The lowest BCUT2D eigenvalue weighted by molar-refractivity contribution is 0.0693. The van der Waals surface area contributed by atoms with Gasteiger partial charge in [0.25, 0.3) is 0 Å². The highest BCUT2D eigenvalue weighted by Crippen LogP contribution is 2.22. The minimum atomic E-state index is -1.14. The molecule has 110 valence electrons. The Hall–Kier alpha value is -1.92. The van der Waals surface area contributed by atoms with E-state index in [-0.39, 0.29) is 24.2 Å². The third-order valence-electron chi connectivity index (χ3n) is 2.98. The molecule has 0 fully saturated rings. The average molecular weight is 282 g/mol. The SMILES string of the molecule is COCCc1ccc(C(=O)O)c(CCOC)c1C(=O)O. The summed E-state index contributed by atoms with van der Waals surface area (Å²) in [6.45, 7) is 0.630. The maximum Gasteiger partial charge on any atom is 0.336 e. The lowest BCUT2D eigenvalue weighted by Gasteiger charge is -2.14. The summed E-state index contributed by atoms with van der Waals surface area (Å²) >= 11 is 0. The van der Waals surface area contributed by atoms with Gasteiger partial charge in [-0.2, -0.15) is 0 Å². The molecule has 2 N–H and O–H groups in total. The highest BCUT2D eigenvalue weighted by atomic mass is 16.5. The van der Waals surface area contributed by atoms with Crippen LogP contribution in [0.2, 0.25) is 0 Å². The molecule has 6 nitrogen and oxygen atoms in total. The molecule has 0 atom stereocenters. The molecule has 6 heteroatoms. The number of carboxylic acids is 2. The Kier molecular flexibility index (Phi) is 6.14. The van der Waals surface area contributed by atoms with Gasteiger partial charge >= 0.3 is 11.9 Å². The van der Waals surface area contributed by atoms with E-state index in [0.29, 0.717) is 24.2 Å². The number of aromatic carboxylic acids is 2. The van der Waals surface area contributed by atoms with E-state index in [2.05, 4.69) is 0 Å². The quantitative estimate of drug-likeness (QED) is 0.749. The highest BCUT2D eigenvalue weighted by Gasteiger charge is 2.21. The molecule has 0 spiro atoms. The summed E-state index contributed by atoms with van der Waals surface area (Å²) in [4.78, 5) is 22.7. The van der Waals surface area contributed by atoms with Gasteiger partial charge in [-0.3, -0.25) is 0 Å². The van der Waals surface area contributed by atoms with Crippen molar-refractivity contribution in [3.8, 4) is 0 Å². The highest BCUT2D eigenvalue weighted by molar-refractivity contribution is 5.97. The monoisotopic (exact) mass is 282 g/mol. The summed E-state index contributed by atoms with van der Waals surface area (Å²) in [6, 6.07) is 2.97. The second-order valence-electron chi connectivity index (χ2n) is 4.22. The van der Waals surface area contributed by atoms with Crippen LogP contribution in [-0.2, 0) is 22.3 Å². The maximum absolute atomic E-state index is 11.5. The first-order valence-corrected chi connectivity index (χ1v) is 6.12. The molecular formula is C14H18O6. The number of rotatable bonds is 8. The number of carbonyl (C=O) groups is 2. The van der Waals surface area contributed by atoms with E-state index < -0.39 is 11.9 Å². The van der Waals surface area contributed by atoms with E-state index in [1.165, 1.54) is 26.4 Å². The fraction of sp³-hybridized carbons (Fsp3) is 0.429. The molecule has 1 aromatic carbocycles. The molecule has 0 aliphatic carbocycles. The second kappa shape index (κ2) is 7.62. The fourth-order valence-corrected chi connectivity index (χ4v) is 2.05. The molecular weight excluding hydrogens is 264 g/mol. The van der Waals surface area contributed by atoms with Crippen LogP contribution < -0.4 is 0 Å². The van der Waals surface area contributed by atoms with Crippen LogP contribution in [0.1, 0.15) is 31.8 Å². The van der Waals surface area contributed by atoms with Gasteiger partial charge in [0.05, 0.1) is 24.3 Å². The third-order valence-corrected chi connectivity index (χ3v) is 2.98. The number of ether oxygens (including phenoxy) is 2. The van der Waals surface area contributed by atoms with E-state index in [1.807, 2.05) is 0 Å². The predicted molar refractivity (Wildman–Crippen MR) is 71.5 cm³/mol. The number of carboxylic acid groups (broad SMARTS) is 2. The molecule has 20 heavy (non-hydrogen) atoms. The molecule has 0 aliphatic heterocycles. The van der Waals surface area contributed by atoms with Crippen molar-refractivity contribution < 1.29 is 29.3 Å². The first kappa shape index (κ1) is 16.1. The van der Waals surface area contributed by atoms with Gasteiger partial charge in [-0.1, -0.05) is 6.07 Å². The maximum atomic E-state index is 11.5. The Morgan fingerprint density at radius 2 is 1.60 bits per heavy atom. The van der Waals surface area contributed by atoms with Crippen molar-refractivity contribution in [1.82, 2.24) is 0 Å². The lowest BCUT2D eigenvalue weighted by Crippen LogP contribution is -2.15. The third kappa shape index (κ3) is 3.79. The molecule has 1 rings (SSSR count). The summed E-state index contributed by atoms with van der Waals surface area (Å²) < 4.78 is 9.87. The number of benzene rings is 1. The molecule has 0 heterocycles. The molecule has 1 aromatic rings. The molecule has 0 amide bonds. The van der Waals surface area contributed by atoms with Crippen molar-refractivity contribution in [2.75, 3.05) is 27.4 Å². The minimum absolute atomic E-state index is 0.000571. The molecule has 0 saturated carbocycles. The Balaban J connectivity index is 3.35. The zero-order valence-electron chi connectivity index (χ0n) is 11.5. The lowest BCUT2D eigenvalue weighted by atomic mass is 9.92. The second-order valence-corrected chi connectivity index (χ2v) is 4.22. The van der Waals surface area contributed by atoms with Crippen molar-refractivity contribution in [2.45, 2.75) is 12.8 Å². The topological polar surface area (TPSA) is 93.1 Å². The minimum Gasteiger partial charge on any atom is -0.478 e. The standard InChI is InChI=1S/C14H18O6/c1-19-7-5-9-3-4-11(13(15)16)10(6-8-20-2)12(9)14(17)18/h3-4H,5-8H2,1-2H3,(H,15,16)(H,17,18). The van der Waals surface area contributed by atoms with Gasteiger partial charge in [-0.15, -0.1) is 0 Å². The molecule has 0 saturated heterocycles. The predicted octanol–water partition coefficient (Wildman–Crippen LogP) is 1.46. The normalized spacial score (nSPS) is 10.5. The van der Waals surface area contributed by atoms with Crippen molar-refractivity contribution in [1.29, 1.82) is 0 Å². The molecule has 0 radical (unpaired) electrons.